The third kappa shape index (κ3) is 3.99. The zero-order valence-corrected chi connectivity index (χ0v) is 13.5. The number of hydrogen-bond acceptors (Lipinski definition) is 3. The van der Waals surface area contributed by atoms with Crippen LogP contribution in [0.4, 0.5) is 0 Å². The predicted octanol–water partition coefficient (Wildman–Crippen LogP) is 5.00. The van der Waals surface area contributed by atoms with Gasteiger partial charge in [0.25, 0.3) is 0 Å². The van der Waals surface area contributed by atoms with Crippen LogP contribution < -0.4 is 5.73 Å². The van der Waals surface area contributed by atoms with Crippen LogP contribution >= 0.6 is 35.4 Å². The Morgan fingerprint density at radius 1 is 1.27 bits per heavy atom. The molecule has 0 radical (unpaired) electrons. The largest absolute Gasteiger partial charge is 0.457 e. The van der Waals surface area contributed by atoms with Gasteiger partial charge in [0.05, 0.1) is 10.6 Å². The maximum Gasteiger partial charge on any atom is 0.136 e. The van der Waals surface area contributed by atoms with Gasteiger partial charge in [0.15, 0.2) is 0 Å². The number of hydrogen-bond donors (Lipinski definition) is 1. The van der Waals surface area contributed by atoms with Gasteiger partial charge in [-0.15, -0.1) is 0 Å². The molecule has 6 heteroatoms. The second-order valence-electron chi connectivity index (χ2n) is 4.24. The maximum absolute atomic E-state index is 8.83. The molecule has 3 nitrogen and oxygen atoms in total. The summed E-state index contributed by atoms with van der Waals surface area (Å²) in [4.78, 5) is 0.0537. The van der Waals surface area contributed by atoms with E-state index in [4.69, 9.17) is 50.8 Å². The number of allylic oxidation sites excluding steroid dienone is 2. The minimum Gasteiger partial charge on any atom is -0.457 e. The van der Waals surface area contributed by atoms with Gasteiger partial charge in [-0.1, -0.05) is 41.5 Å². The standard InChI is InChI=1S/C16H10Cl2N2OS/c17-11-4-6-14(18)13(8-11)15-7-5-12(21-15)3-1-2-10(9-19)16(20)22/h1-8H,(H2,20,22)/b3-1+,10-2+. The Hall–Kier alpha value is -2.06. The minimum absolute atomic E-state index is 0.0537. The number of nitrogens with zero attached hydrogens (tertiary/aromatic N) is 1. The van der Waals surface area contributed by atoms with Crippen LogP contribution in [-0.2, 0) is 0 Å². The summed E-state index contributed by atoms with van der Waals surface area (Å²) in [5.74, 6) is 1.20. The molecule has 0 saturated heterocycles. The van der Waals surface area contributed by atoms with Gasteiger partial charge in [0, 0.05) is 10.6 Å². The second kappa shape index (κ2) is 7.28. The number of halogens is 2. The van der Waals surface area contributed by atoms with Gasteiger partial charge in [0.2, 0.25) is 0 Å². The number of nitrogens with two attached hydrogens (primary N) is 1. The predicted molar refractivity (Wildman–Crippen MR) is 93.7 cm³/mol. The summed E-state index contributed by atoms with van der Waals surface area (Å²) in [6.07, 6.45) is 4.86. The van der Waals surface area contributed by atoms with Crippen molar-refractivity contribution in [2.45, 2.75) is 0 Å². The molecular formula is C16H10Cl2N2OS. The Morgan fingerprint density at radius 3 is 2.73 bits per heavy atom. The quantitative estimate of drug-likeness (QED) is 0.365. The highest BCUT2D eigenvalue weighted by Gasteiger charge is 2.08. The first kappa shape index (κ1) is 16.3. The molecule has 0 aliphatic carbocycles. The number of benzene rings is 1. The van der Waals surface area contributed by atoms with Crippen LogP contribution in [0.25, 0.3) is 17.4 Å². The average Bonchev–Trinajstić information content (AvgIpc) is 2.94. The first-order valence-electron chi connectivity index (χ1n) is 6.15. The Balaban J connectivity index is 2.24. The second-order valence-corrected chi connectivity index (χ2v) is 5.53. The molecule has 0 unspecified atom stereocenters. The van der Waals surface area contributed by atoms with Crippen molar-refractivity contribution in [3.63, 3.8) is 0 Å². The summed E-state index contributed by atoms with van der Waals surface area (Å²) < 4.78 is 5.68. The highest BCUT2D eigenvalue weighted by molar-refractivity contribution is 7.80. The van der Waals surface area contributed by atoms with E-state index in [0.29, 0.717) is 27.1 Å². The van der Waals surface area contributed by atoms with Crippen LogP contribution in [0.3, 0.4) is 0 Å². The Morgan fingerprint density at radius 2 is 2.05 bits per heavy atom. The van der Waals surface area contributed by atoms with Gasteiger partial charge < -0.3 is 10.2 Å². The lowest BCUT2D eigenvalue weighted by Gasteiger charge is -2.00. The van der Waals surface area contributed by atoms with Crippen LogP contribution in [0.15, 0.2) is 52.5 Å². The number of rotatable bonds is 4. The first-order chi connectivity index (χ1) is 10.5. The zero-order valence-electron chi connectivity index (χ0n) is 11.2. The van der Waals surface area contributed by atoms with Crippen molar-refractivity contribution in [1.29, 1.82) is 5.26 Å². The molecule has 1 aromatic heterocycles. The number of furan rings is 1. The van der Waals surface area contributed by atoms with Crippen LogP contribution in [-0.4, -0.2) is 4.99 Å². The van der Waals surface area contributed by atoms with E-state index in [1.165, 1.54) is 6.08 Å². The molecule has 22 heavy (non-hydrogen) atoms. The van der Waals surface area contributed by atoms with E-state index in [1.54, 1.807) is 42.5 Å². The fourth-order valence-corrected chi connectivity index (χ4v) is 2.18. The first-order valence-corrected chi connectivity index (χ1v) is 7.31. The third-order valence-electron chi connectivity index (χ3n) is 2.73. The SMILES string of the molecule is N#C/C(=C\C=C\c1ccc(-c2cc(Cl)ccc2Cl)o1)C(N)=S. The molecule has 2 aromatic rings. The van der Waals surface area contributed by atoms with Crippen molar-refractivity contribution in [2.75, 3.05) is 0 Å². The van der Waals surface area contributed by atoms with Crippen molar-refractivity contribution in [3.05, 3.63) is 63.9 Å². The fraction of sp³-hybridized carbons (Fsp3) is 0. The van der Waals surface area contributed by atoms with Gasteiger partial charge >= 0.3 is 0 Å². The lowest BCUT2D eigenvalue weighted by atomic mass is 10.2. The molecule has 1 aromatic carbocycles. The van der Waals surface area contributed by atoms with Crippen molar-refractivity contribution in [3.8, 4) is 17.4 Å². The van der Waals surface area contributed by atoms with Gasteiger partial charge in [0.1, 0.15) is 22.6 Å². The van der Waals surface area contributed by atoms with E-state index < -0.39 is 0 Å². The fourth-order valence-electron chi connectivity index (χ4n) is 1.69. The minimum atomic E-state index is 0.0537. The van der Waals surface area contributed by atoms with Crippen LogP contribution in [0, 0.1) is 11.3 Å². The van der Waals surface area contributed by atoms with Crippen molar-refractivity contribution in [1.82, 2.24) is 0 Å². The summed E-state index contributed by atoms with van der Waals surface area (Å²) in [7, 11) is 0. The lowest BCUT2D eigenvalue weighted by molar-refractivity contribution is 0.572. The van der Waals surface area contributed by atoms with E-state index in [2.05, 4.69) is 0 Å². The maximum atomic E-state index is 8.83. The van der Waals surface area contributed by atoms with Gasteiger partial charge in [-0.2, -0.15) is 5.26 Å². The van der Waals surface area contributed by atoms with E-state index in [0.717, 1.165) is 0 Å². The molecule has 2 rings (SSSR count). The summed E-state index contributed by atoms with van der Waals surface area (Å²) in [6.45, 7) is 0. The molecule has 0 saturated carbocycles. The highest BCUT2D eigenvalue weighted by atomic mass is 35.5. The molecule has 0 aliphatic heterocycles. The van der Waals surface area contributed by atoms with Crippen molar-refractivity contribution in [2.24, 2.45) is 5.73 Å². The van der Waals surface area contributed by atoms with E-state index in [1.807, 2.05) is 6.07 Å². The summed E-state index contributed by atoms with van der Waals surface area (Å²) in [6, 6.07) is 10.6. The van der Waals surface area contributed by atoms with Gasteiger partial charge in [-0.3, -0.25) is 0 Å². The molecule has 0 amide bonds. The van der Waals surface area contributed by atoms with Crippen LogP contribution in [0.5, 0.6) is 0 Å². The smallest absolute Gasteiger partial charge is 0.136 e. The molecule has 110 valence electrons. The molecule has 0 fully saturated rings. The van der Waals surface area contributed by atoms with E-state index >= 15 is 0 Å². The Bertz CT molecular complexity index is 816. The van der Waals surface area contributed by atoms with Gasteiger partial charge in [-0.05, 0) is 42.5 Å². The van der Waals surface area contributed by atoms with Crippen LogP contribution in [0.2, 0.25) is 10.0 Å². The number of nitriles is 1. The Kier molecular flexibility index (Phi) is 5.40. The van der Waals surface area contributed by atoms with E-state index in [-0.39, 0.29) is 10.6 Å². The molecular weight excluding hydrogens is 339 g/mol. The highest BCUT2D eigenvalue weighted by Crippen LogP contribution is 2.32. The summed E-state index contributed by atoms with van der Waals surface area (Å²) in [5, 5.41) is 9.96. The molecule has 0 spiro atoms. The van der Waals surface area contributed by atoms with E-state index in [9.17, 15) is 0 Å². The third-order valence-corrected chi connectivity index (χ3v) is 3.51. The lowest BCUT2D eigenvalue weighted by Crippen LogP contribution is -2.09. The molecule has 0 aliphatic rings. The average molecular weight is 349 g/mol. The van der Waals surface area contributed by atoms with Crippen molar-refractivity contribution >= 4 is 46.5 Å². The topological polar surface area (TPSA) is 63.0 Å². The van der Waals surface area contributed by atoms with Crippen molar-refractivity contribution < 1.29 is 4.42 Å². The normalized spacial score (nSPS) is 11.6. The summed E-state index contributed by atoms with van der Waals surface area (Å²) >= 11 is 16.8. The zero-order chi connectivity index (χ0) is 16.1. The van der Waals surface area contributed by atoms with Gasteiger partial charge in [-0.25, -0.2) is 0 Å². The molecule has 0 bridgehead atoms. The summed E-state index contributed by atoms with van der Waals surface area (Å²) in [5.41, 5.74) is 6.34. The number of thiocarbonyl (C=S) groups is 1. The monoisotopic (exact) mass is 348 g/mol. The molecule has 0 atom stereocenters. The molecule has 1 heterocycles. The van der Waals surface area contributed by atoms with Crippen LogP contribution in [0.1, 0.15) is 5.76 Å². The molecule has 2 N–H and O–H groups in total. The Labute approximate surface area is 143 Å².